The van der Waals surface area contributed by atoms with E-state index in [1.54, 1.807) is 0 Å². The number of imide groups is 1. The number of nitrogens with one attached hydrogen (secondary N) is 2. The van der Waals surface area contributed by atoms with E-state index >= 15 is 0 Å². The van der Waals surface area contributed by atoms with Gasteiger partial charge in [-0.25, -0.2) is 4.79 Å². The van der Waals surface area contributed by atoms with Gasteiger partial charge in [0.2, 0.25) is 11.8 Å². The van der Waals surface area contributed by atoms with Crippen LogP contribution in [0.1, 0.15) is 44.9 Å². The molecule has 5 rings (SSSR count). The first-order valence-corrected chi connectivity index (χ1v) is 9.73. The minimum Gasteiger partial charge on any atom is -0.336 e. The van der Waals surface area contributed by atoms with E-state index in [2.05, 4.69) is 22.8 Å². The smallest absolute Gasteiger partial charge is 0.315 e. The number of amides is 4. The van der Waals surface area contributed by atoms with E-state index in [-0.39, 0.29) is 54.1 Å². The Morgan fingerprint density at radius 2 is 1.56 bits per heavy atom. The van der Waals surface area contributed by atoms with Crippen LogP contribution in [-0.4, -0.2) is 41.9 Å². The van der Waals surface area contributed by atoms with Crippen molar-refractivity contribution in [3.63, 3.8) is 0 Å². The molecule has 3 fully saturated rings. The van der Waals surface area contributed by atoms with Gasteiger partial charge in [0.15, 0.2) is 0 Å². The summed E-state index contributed by atoms with van der Waals surface area (Å²) >= 11 is 0. The number of fused-ring (bicyclic) bond motifs is 1. The summed E-state index contributed by atoms with van der Waals surface area (Å²) in [5.41, 5.74) is 0. The number of carbonyl (C=O) groups excluding carboxylic acids is 3. The van der Waals surface area contributed by atoms with Crippen LogP contribution in [0.3, 0.4) is 0 Å². The summed E-state index contributed by atoms with van der Waals surface area (Å²) in [6, 6.07) is 0.0681. The third kappa shape index (κ3) is 3.07. The van der Waals surface area contributed by atoms with Gasteiger partial charge in [-0.15, -0.1) is 0 Å². The third-order valence-electron chi connectivity index (χ3n) is 6.41. The predicted molar refractivity (Wildman–Crippen MR) is 92.5 cm³/mol. The molecular formula is C19H27N3O3. The molecule has 4 aliphatic carbocycles. The summed E-state index contributed by atoms with van der Waals surface area (Å²) in [5, 5.41) is 5.80. The molecule has 6 nitrogen and oxygen atoms in total. The van der Waals surface area contributed by atoms with Gasteiger partial charge in [-0.3, -0.25) is 14.5 Å². The molecule has 4 atom stereocenters. The molecule has 0 aromatic rings. The lowest BCUT2D eigenvalue weighted by Crippen LogP contribution is -2.46. The summed E-state index contributed by atoms with van der Waals surface area (Å²) in [5.74, 6) is 0.0460. The molecule has 2 saturated carbocycles. The monoisotopic (exact) mass is 345 g/mol. The quantitative estimate of drug-likeness (QED) is 0.602. The van der Waals surface area contributed by atoms with Crippen LogP contribution >= 0.6 is 0 Å². The highest BCUT2D eigenvalue weighted by molar-refractivity contribution is 6.06. The maximum Gasteiger partial charge on any atom is 0.315 e. The number of rotatable bonds is 4. The van der Waals surface area contributed by atoms with Crippen LogP contribution < -0.4 is 10.6 Å². The number of allylic oxidation sites excluding steroid dienone is 2. The zero-order valence-electron chi connectivity index (χ0n) is 14.6. The van der Waals surface area contributed by atoms with Crippen LogP contribution in [0.25, 0.3) is 0 Å². The minimum atomic E-state index is -0.190. The first-order valence-electron chi connectivity index (χ1n) is 9.73. The Bertz CT molecular complexity index is 565. The maximum atomic E-state index is 12.7. The Labute approximate surface area is 148 Å². The van der Waals surface area contributed by atoms with Crippen LogP contribution in [0.4, 0.5) is 4.79 Å². The van der Waals surface area contributed by atoms with Gasteiger partial charge in [0.1, 0.15) is 0 Å². The molecule has 6 heteroatoms. The predicted octanol–water partition coefficient (Wildman–Crippen LogP) is 1.82. The van der Waals surface area contributed by atoms with Crippen LogP contribution in [0.2, 0.25) is 0 Å². The van der Waals surface area contributed by atoms with Gasteiger partial charge in [0.05, 0.1) is 11.8 Å². The number of nitrogens with zero attached hydrogens (tertiary/aromatic N) is 1. The fourth-order valence-corrected chi connectivity index (χ4v) is 5.12. The average molecular weight is 345 g/mol. The fourth-order valence-electron chi connectivity index (χ4n) is 5.12. The Balaban J connectivity index is 1.28. The molecule has 0 spiro atoms. The van der Waals surface area contributed by atoms with Crippen molar-refractivity contribution in [2.45, 2.75) is 51.0 Å². The lowest BCUT2D eigenvalue weighted by atomic mass is 9.63. The molecule has 5 aliphatic rings. The van der Waals surface area contributed by atoms with Gasteiger partial charge in [-0.1, -0.05) is 31.4 Å². The standard InChI is InChI=1S/C19H27N3O3/c23-17-15-12-6-7-13(9-8-12)16(15)18(24)22(17)11-10-20-19(25)21-14-4-2-1-3-5-14/h6-7,12-16H,1-5,8-11H2,(H2,20,21,25)/t12-,13-,15-,16+/m0/s1. The first kappa shape index (κ1) is 16.6. The molecule has 0 radical (unpaired) electrons. The molecule has 2 N–H and O–H groups in total. The molecule has 1 aliphatic heterocycles. The van der Waals surface area contributed by atoms with E-state index in [9.17, 15) is 14.4 Å². The molecule has 2 bridgehead atoms. The highest BCUT2D eigenvalue weighted by Gasteiger charge is 2.56. The number of hydrogen-bond acceptors (Lipinski definition) is 3. The van der Waals surface area contributed by atoms with Crippen LogP contribution in [0.15, 0.2) is 12.2 Å². The summed E-state index contributed by atoms with van der Waals surface area (Å²) in [7, 11) is 0. The minimum absolute atomic E-state index is 0.0384. The van der Waals surface area contributed by atoms with Gasteiger partial charge >= 0.3 is 6.03 Å². The lowest BCUT2D eigenvalue weighted by Gasteiger charge is -2.38. The van der Waals surface area contributed by atoms with Gasteiger partial charge in [0.25, 0.3) is 0 Å². The van der Waals surface area contributed by atoms with Crippen molar-refractivity contribution in [1.29, 1.82) is 0 Å². The summed E-state index contributed by atoms with van der Waals surface area (Å²) in [6.07, 6.45) is 11.9. The normalized spacial score (nSPS) is 34.3. The Morgan fingerprint density at radius 3 is 2.12 bits per heavy atom. The Kier molecular flexibility index (Phi) is 4.52. The fraction of sp³-hybridized carbons (Fsp3) is 0.737. The van der Waals surface area contributed by atoms with Crippen molar-refractivity contribution in [3.05, 3.63) is 12.2 Å². The number of likely N-dealkylation sites (tertiary alicyclic amines) is 1. The number of carbonyl (C=O) groups is 3. The SMILES string of the molecule is O=C(NCCN1C(=O)[C@@H]2[C@H](C1=O)[C@H]1C=C[C@H]2CC1)NC1CCCCC1. The molecule has 0 unspecified atom stereocenters. The Hall–Kier alpha value is -1.85. The van der Waals surface area contributed by atoms with Crippen molar-refractivity contribution < 1.29 is 14.4 Å². The van der Waals surface area contributed by atoms with E-state index < -0.39 is 0 Å². The zero-order valence-corrected chi connectivity index (χ0v) is 14.6. The highest BCUT2D eigenvalue weighted by atomic mass is 16.2. The molecular weight excluding hydrogens is 318 g/mol. The van der Waals surface area contributed by atoms with Crippen molar-refractivity contribution in [2.75, 3.05) is 13.1 Å². The van der Waals surface area contributed by atoms with Crippen LogP contribution in [0, 0.1) is 23.7 Å². The van der Waals surface area contributed by atoms with E-state index in [1.807, 2.05) is 0 Å². The van der Waals surface area contributed by atoms with Gasteiger partial charge in [-0.05, 0) is 37.5 Å². The topological polar surface area (TPSA) is 78.5 Å². The lowest BCUT2D eigenvalue weighted by molar-refractivity contribution is -0.140. The van der Waals surface area contributed by atoms with Crippen molar-refractivity contribution in [1.82, 2.24) is 15.5 Å². The second-order valence-electron chi connectivity index (χ2n) is 7.90. The van der Waals surface area contributed by atoms with Gasteiger partial charge in [-0.2, -0.15) is 0 Å². The van der Waals surface area contributed by atoms with Crippen molar-refractivity contribution in [3.8, 4) is 0 Å². The molecule has 1 saturated heterocycles. The maximum absolute atomic E-state index is 12.7. The summed E-state index contributed by atoms with van der Waals surface area (Å²) < 4.78 is 0. The molecule has 1 heterocycles. The van der Waals surface area contributed by atoms with Gasteiger partial charge < -0.3 is 10.6 Å². The summed E-state index contributed by atoms with van der Waals surface area (Å²) in [4.78, 5) is 38.7. The van der Waals surface area contributed by atoms with Crippen LogP contribution in [0.5, 0.6) is 0 Å². The van der Waals surface area contributed by atoms with Crippen LogP contribution in [-0.2, 0) is 9.59 Å². The van der Waals surface area contributed by atoms with Crippen molar-refractivity contribution >= 4 is 17.8 Å². The first-order chi connectivity index (χ1) is 12.1. The van der Waals surface area contributed by atoms with Crippen molar-refractivity contribution in [2.24, 2.45) is 23.7 Å². The number of urea groups is 1. The molecule has 4 amide bonds. The molecule has 0 aromatic heterocycles. The van der Waals surface area contributed by atoms with E-state index in [1.165, 1.54) is 24.2 Å². The largest absolute Gasteiger partial charge is 0.336 e. The second-order valence-corrected chi connectivity index (χ2v) is 7.90. The summed E-state index contributed by atoms with van der Waals surface area (Å²) in [6.45, 7) is 0.598. The second kappa shape index (κ2) is 6.81. The third-order valence-corrected chi connectivity index (χ3v) is 6.41. The van der Waals surface area contributed by atoms with Gasteiger partial charge in [0, 0.05) is 19.1 Å². The Morgan fingerprint density at radius 1 is 0.960 bits per heavy atom. The average Bonchev–Trinajstić information content (AvgIpc) is 2.90. The van der Waals surface area contributed by atoms with E-state index in [4.69, 9.17) is 0 Å². The molecule has 25 heavy (non-hydrogen) atoms. The zero-order chi connectivity index (χ0) is 17.4. The van der Waals surface area contributed by atoms with E-state index in [0.29, 0.717) is 6.54 Å². The molecule has 0 aromatic carbocycles. The van der Waals surface area contributed by atoms with E-state index in [0.717, 1.165) is 25.7 Å². The highest BCUT2D eigenvalue weighted by Crippen LogP contribution is 2.49. The number of hydrogen-bond donors (Lipinski definition) is 2. The molecule has 136 valence electrons.